The van der Waals surface area contributed by atoms with Gasteiger partial charge in [0.05, 0.1) is 5.51 Å². The molecule has 0 unspecified atom stereocenters. The number of nitrogens with two attached hydrogens (primary N) is 1. The van der Waals surface area contributed by atoms with Crippen LogP contribution in [-0.2, 0) is 0 Å². The van der Waals surface area contributed by atoms with E-state index >= 15 is 0 Å². The molecule has 21 heavy (non-hydrogen) atoms. The highest BCUT2D eigenvalue weighted by Gasteiger charge is 2.16. The quantitative estimate of drug-likeness (QED) is 0.774. The molecule has 3 rings (SSSR count). The lowest BCUT2D eigenvalue weighted by Crippen LogP contribution is -2.16. The van der Waals surface area contributed by atoms with Gasteiger partial charge in [-0.25, -0.2) is 15.0 Å². The fraction of sp³-hybridized carbons (Fsp3) is 0. The van der Waals surface area contributed by atoms with Crippen LogP contribution in [0.15, 0.2) is 48.2 Å². The average molecular weight is 297 g/mol. The third-order valence-corrected chi connectivity index (χ3v) is 3.53. The minimum absolute atomic E-state index is 0.0979. The Kier molecular flexibility index (Phi) is 3.57. The topological polar surface area (TPSA) is 93.8 Å². The maximum absolute atomic E-state index is 12.2. The molecule has 0 aliphatic rings. The molecule has 0 bridgehead atoms. The maximum Gasteiger partial charge on any atom is 0.278 e. The predicted molar refractivity (Wildman–Crippen MR) is 81.9 cm³/mol. The average Bonchev–Trinajstić information content (AvgIpc) is 2.96. The zero-order valence-corrected chi connectivity index (χ0v) is 11.7. The zero-order valence-electron chi connectivity index (χ0n) is 10.9. The van der Waals surface area contributed by atoms with Crippen LogP contribution in [0.25, 0.3) is 11.3 Å². The summed E-state index contributed by atoms with van der Waals surface area (Å²) < 4.78 is 0. The number of hydrogen-bond acceptors (Lipinski definition) is 6. The van der Waals surface area contributed by atoms with Gasteiger partial charge in [-0.3, -0.25) is 4.79 Å². The molecular weight excluding hydrogens is 286 g/mol. The van der Waals surface area contributed by atoms with Crippen LogP contribution in [-0.4, -0.2) is 20.9 Å². The first-order chi connectivity index (χ1) is 10.3. The summed E-state index contributed by atoms with van der Waals surface area (Å²) in [6.07, 6.45) is 2.87. The standard InChI is InChI=1S/C14H11N5OS/c15-12-11(16-6-7-17-12)13(20)19-14-10(18-8-21-14)9-4-2-1-3-5-9/h1-8H,(H2,15,17)(H,19,20). The lowest BCUT2D eigenvalue weighted by Gasteiger charge is -2.06. The normalized spacial score (nSPS) is 10.3. The van der Waals surface area contributed by atoms with Crippen molar-refractivity contribution in [2.24, 2.45) is 0 Å². The van der Waals surface area contributed by atoms with Crippen LogP contribution in [0.3, 0.4) is 0 Å². The highest BCUT2D eigenvalue weighted by atomic mass is 32.1. The highest BCUT2D eigenvalue weighted by Crippen LogP contribution is 2.30. The van der Waals surface area contributed by atoms with Crippen molar-refractivity contribution in [1.82, 2.24) is 15.0 Å². The second-order valence-electron chi connectivity index (χ2n) is 4.14. The SMILES string of the molecule is Nc1nccnc1C(=O)Nc1scnc1-c1ccccc1. The molecular formula is C14H11N5OS. The first-order valence-corrected chi connectivity index (χ1v) is 7.00. The molecule has 0 aliphatic heterocycles. The van der Waals surface area contributed by atoms with Gasteiger partial charge in [0, 0.05) is 18.0 Å². The minimum Gasteiger partial charge on any atom is -0.382 e. The number of rotatable bonds is 3. The van der Waals surface area contributed by atoms with Crippen molar-refractivity contribution in [1.29, 1.82) is 0 Å². The molecule has 3 aromatic rings. The Morgan fingerprint density at radius 2 is 1.86 bits per heavy atom. The summed E-state index contributed by atoms with van der Waals surface area (Å²) in [6, 6.07) is 9.62. The molecule has 6 nitrogen and oxygen atoms in total. The lowest BCUT2D eigenvalue weighted by molar-refractivity contribution is 0.102. The van der Waals surface area contributed by atoms with Crippen molar-refractivity contribution in [3.8, 4) is 11.3 Å². The van der Waals surface area contributed by atoms with E-state index in [1.165, 1.54) is 23.7 Å². The number of thiazole rings is 1. The molecule has 3 N–H and O–H groups in total. The van der Waals surface area contributed by atoms with Gasteiger partial charge in [-0.1, -0.05) is 30.3 Å². The first kappa shape index (κ1) is 13.2. The van der Waals surface area contributed by atoms with Crippen LogP contribution in [0.2, 0.25) is 0 Å². The fourth-order valence-electron chi connectivity index (χ4n) is 1.82. The molecule has 0 spiro atoms. The largest absolute Gasteiger partial charge is 0.382 e. The summed E-state index contributed by atoms with van der Waals surface area (Å²) in [5, 5.41) is 3.43. The number of nitrogen functional groups attached to an aromatic ring is 1. The van der Waals surface area contributed by atoms with E-state index in [-0.39, 0.29) is 11.5 Å². The van der Waals surface area contributed by atoms with Crippen LogP contribution in [0, 0.1) is 0 Å². The van der Waals surface area contributed by atoms with E-state index in [9.17, 15) is 4.79 Å². The van der Waals surface area contributed by atoms with Crippen molar-refractivity contribution in [2.75, 3.05) is 11.1 Å². The number of anilines is 2. The van der Waals surface area contributed by atoms with Crippen molar-refractivity contribution < 1.29 is 4.79 Å². The van der Waals surface area contributed by atoms with Crippen molar-refractivity contribution in [3.05, 3.63) is 53.9 Å². The number of benzene rings is 1. The van der Waals surface area contributed by atoms with Crippen molar-refractivity contribution >= 4 is 28.1 Å². The fourth-order valence-corrected chi connectivity index (χ4v) is 2.52. The van der Waals surface area contributed by atoms with Gasteiger partial charge in [0.1, 0.15) is 10.7 Å². The maximum atomic E-state index is 12.2. The van der Waals surface area contributed by atoms with Crippen molar-refractivity contribution in [2.45, 2.75) is 0 Å². The van der Waals surface area contributed by atoms with E-state index in [2.05, 4.69) is 20.3 Å². The van der Waals surface area contributed by atoms with E-state index in [4.69, 9.17) is 5.73 Å². The van der Waals surface area contributed by atoms with Crippen molar-refractivity contribution in [3.63, 3.8) is 0 Å². The molecule has 0 saturated carbocycles. The van der Waals surface area contributed by atoms with Gasteiger partial charge >= 0.3 is 0 Å². The molecule has 2 heterocycles. The number of nitrogens with one attached hydrogen (secondary N) is 1. The Bertz CT molecular complexity index is 772. The molecule has 0 aliphatic carbocycles. The molecule has 104 valence electrons. The predicted octanol–water partition coefficient (Wildman–Crippen LogP) is 2.43. The summed E-state index contributed by atoms with van der Waals surface area (Å²) in [4.78, 5) is 24.3. The lowest BCUT2D eigenvalue weighted by atomic mass is 10.2. The van der Waals surface area contributed by atoms with Gasteiger partial charge in [0.25, 0.3) is 5.91 Å². The summed E-state index contributed by atoms with van der Waals surface area (Å²) in [7, 11) is 0. The van der Waals surface area contributed by atoms with E-state index in [0.29, 0.717) is 5.00 Å². The Morgan fingerprint density at radius 3 is 2.62 bits per heavy atom. The van der Waals surface area contributed by atoms with Gasteiger partial charge in [-0.2, -0.15) is 0 Å². The van der Waals surface area contributed by atoms with Crippen LogP contribution in [0.4, 0.5) is 10.8 Å². The summed E-state index contributed by atoms with van der Waals surface area (Å²) in [5.41, 5.74) is 9.08. The summed E-state index contributed by atoms with van der Waals surface area (Å²) in [6.45, 7) is 0. The van der Waals surface area contributed by atoms with Gasteiger partial charge in [-0.05, 0) is 0 Å². The second-order valence-corrected chi connectivity index (χ2v) is 5.00. The number of hydrogen-bond donors (Lipinski definition) is 2. The Balaban J connectivity index is 1.89. The molecule has 1 aromatic carbocycles. The smallest absolute Gasteiger partial charge is 0.278 e. The zero-order chi connectivity index (χ0) is 14.7. The van der Waals surface area contributed by atoms with E-state index < -0.39 is 5.91 Å². The molecule has 1 amide bonds. The van der Waals surface area contributed by atoms with E-state index in [1.54, 1.807) is 5.51 Å². The summed E-state index contributed by atoms with van der Waals surface area (Å²) in [5.74, 6) is -0.303. The molecule has 0 atom stereocenters. The monoisotopic (exact) mass is 297 g/mol. The van der Waals surface area contributed by atoms with E-state index in [0.717, 1.165) is 11.3 Å². The number of nitrogens with zero attached hydrogens (tertiary/aromatic N) is 3. The third kappa shape index (κ3) is 2.72. The van der Waals surface area contributed by atoms with Gasteiger partial charge < -0.3 is 11.1 Å². The van der Waals surface area contributed by atoms with E-state index in [1.807, 2.05) is 30.3 Å². The third-order valence-electron chi connectivity index (χ3n) is 2.78. The van der Waals surface area contributed by atoms with Crippen LogP contribution >= 0.6 is 11.3 Å². The molecule has 0 saturated heterocycles. The highest BCUT2D eigenvalue weighted by molar-refractivity contribution is 7.14. The summed E-state index contributed by atoms with van der Waals surface area (Å²) >= 11 is 1.34. The van der Waals surface area contributed by atoms with Crippen LogP contribution in [0.5, 0.6) is 0 Å². The Morgan fingerprint density at radius 1 is 1.10 bits per heavy atom. The van der Waals surface area contributed by atoms with Crippen LogP contribution < -0.4 is 11.1 Å². The molecule has 7 heteroatoms. The first-order valence-electron chi connectivity index (χ1n) is 6.12. The molecule has 0 fully saturated rings. The van der Waals surface area contributed by atoms with Gasteiger partial charge in [-0.15, -0.1) is 11.3 Å². The number of carbonyl (C=O) groups is 1. The van der Waals surface area contributed by atoms with Gasteiger partial charge in [0.2, 0.25) is 0 Å². The number of aromatic nitrogens is 3. The number of carbonyl (C=O) groups excluding carboxylic acids is 1. The minimum atomic E-state index is -0.401. The molecule has 2 aromatic heterocycles. The Hall–Kier alpha value is -2.80. The van der Waals surface area contributed by atoms with Crippen LogP contribution in [0.1, 0.15) is 10.5 Å². The second kappa shape index (κ2) is 5.68. The molecule has 0 radical (unpaired) electrons. The number of amides is 1. The Labute approximate surface area is 124 Å². The van der Waals surface area contributed by atoms with Gasteiger partial charge in [0.15, 0.2) is 11.5 Å².